The molecule has 0 aliphatic carbocycles. The third-order valence-electron chi connectivity index (χ3n) is 3.14. The molecule has 0 bridgehead atoms. The summed E-state index contributed by atoms with van der Waals surface area (Å²) in [5, 5.41) is 21.9. The number of amides is 2. The highest BCUT2D eigenvalue weighted by molar-refractivity contribution is 8.05. The molecule has 0 radical (unpaired) electrons. The number of nitrogens with one attached hydrogen (secondary N) is 1. The Morgan fingerprint density at radius 2 is 1.96 bits per heavy atom. The molecule has 1 aromatic rings. The van der Waals surface area contributed by atoms with Crippen LogP contribution in [0, 0.1) is 22.7 Å². The van der Waals surface area contributed by atoms with Crippen molar-refractivity contribution in [2.24, 2.45) is 11.7 Å². The lowest BCUT2D eigenvalue weighted by Crippen LogP contribution is -2.46. The van der Waals surface area contributed by atoms with Crippen LogP contribution in [-0.2, 0) is 0 Å². The average molecular weight is 347 g/mol. The number of nitrogens with zero attached hydrogens (tertiary/aromatic N) is 3. The number of nitrogens with two attached hydrogens (primary N) is 2. The van der Waals surface area contributed by atoms with Crippen LogP contribution in [0.25, 0.3) is 0 Å². The van der Waals surface area contributed by atoms with Crippen LogP contribution in [0.2, 0.25) is 5.02 Å². The number of carbonyl (C=O) groups is 1. The van der Waals surface area contributed by atoms with Crippen LogP contribution in [-0.4, -0.2) is 11.0 Å². The van der Waals surface area contributed by atoms with Crippen molar-refractivity contribution in [2.75, 3.05) is 0 Å². The standard InChI is InChI=1S/C14H11ClN6OS/c15-10-3-1-8(2-4-10)12-9(5-16)7-23-13(11(12)6-17)21(19)14(22)20-18/h1-4,7,12H,18-19H2,(H,20,22). The smallest absolute Gasteiger partial charge is 0.274 e. The lowest BCUT2D eigenvalue weighted by Gasteiger charge is -2.27. The minimum absolute atomic E-state index is 0.183. The fourth-order valence-corrected chi connectivity index (χ4v) is 3.12. The molecule has 0 fully saturated rings. The van der Waals surface area contributed by atoms with Gasteiger partial charge < -0.3 is 0 Å². The normalized spacial score (nSPS) is 16.9. The quantitative estimate of drug-likeness (QED) is 0.426. The van der Waals surface area contributed by atoms with Crippen LogP contribution >= 0.6 is 23.4 Å². The Morgan fingerprint density at radius 3 is 2.48 bits per heavy atom. The van der Waals surface area contributed by atoms with E-state index in [1.165, 1.54) is 0 Å². The number of thioether (sulfide) groups is 1. The molecule has 5 N–H and O–H groups in total. The molecule has 2 amide bonds. The van der Waals surface area contributed by atoms with Crippen LogP contribution in [0.1, 0.15) is 11.5 Å². The highest BCUT2D eigenvalue weighted by Crippen LogP contribution is 2.42. The molecular weight excluding hydrogens is 336 g/mol. The molecule has 1 aliphatic rings. The van der Waals surface area contributed by atoms with Crippen LogP contribution in [0.15, 0.2) is 45.8 Å². The number of rotatable bonds is 2. The number of benzene rings is 1. The Balaban J connectivity index is 2.56. The molecule has 7 nitrogen and oxygen atoms in total. The van der Waals surface area contributed by atoms with Gasteiger partial charge in [-0.3, -0.25) is 5.43 Å². The maximum atomic E-state index is 11.6. The lowest BCUT2D eigenvalue weighted by atomic mass is 9.86. The lowest BCUT2D eigenvalue weighted by molar-refractivity contribution is 0.215. The van der Waals surface area contributed by atoms with Gasteiger partial charge in [0.15, 0.2) is 0 Å². The van der Waals surface area contributed by atoms with Crippen molar-refractivity contribution in [2.45, 2.75) is 5.92 Å². The van der Waals surface area contributed by atoms with E-state index in [0.29, 0.717) is 16.2 Å². The third kappa shape index (κ3) is 3.31. The van der Waals surface area contributed by atoms with Gasteiger partial charge >= 0.3 is 6.03 Å². The van der Waals surface area contributed by atoms with E-state index in [0.717, 1.165) is 16.8 Å². The van der Waals surface area contributed by atoms with Crippen LogP contribution in [0.3, 0.4) is 0 Å². The SMILES string of the molecule is N#CC1=CSC(N(N)C(=O)NN)=C(C#N)C1c1ccc(Cl)cc1. The first-order valence-electron chi connectivity index (χ1n) is 6.25. The van der Waals surface area contributed by atoms with Crippen LogP contribution < -0.4 is 17.1 Å². The monoisotopic (exact) mass is 346 g/mol. The van der Waals surface area contributed by atoms with Crippen molar-refractivity contribution in [1.29, 1.82) is 10.5 Å². The van der Waals surface area contributed by atoms with Crippen molar-refractivity contribution < 1.29 is 4.79 Å². The summed E-state index contributed by atoms with van der Waals surface area (Å²) in [5.74, 6) is 10.1. The van der Waals surface area contributed by atoms with Gasteiger partial charge in [0.25, 0.3) is 0 Å². The second-order valence-corrected chi connectivity index (χ2v) is 5.73. The van der Waals surface area contributed by atoms with Gasteiger partial charge in [-0.15, -0.1) is 0 Å². The van der Waals surface area contributed by atoms with Gasteiger partial charge in [0.2, 0.25) is 0 Å². The molecule has 0 aromatic heterocycles. The summed E-state index contributed by atoms with van der Waals surface area (Å²) in [6, 6.07) is 10.1. The zero-order valence-corrected chi connectivity index (χ0v) is 13.2. The first kappa shape index (κ1) is 16.9. The first-order valence-corrected chi connectivity index (χ1v) is 7.51. The summed E-state index contributed by atoms with van der Waals surface area (Å²) >= 11 is 6.89. The molecule has 1 heterocycles. The number of hydrogen-bond donors (Lipinski definition) is 3. The van der Waals surface area contributed by atoms with E-state index in [-0.39, 0.29) is 10.6 Å². The number of nitriles is 2. The molecule has 0 saturated heterocycles. The molecule has 2 rings (SSSR count). The molecule has 116 valence electrons. The molecule has 1 atom stereocenters. The van der Waals surface area contributed by atoms with Crippen molar-refractivity contribution in [3.63, 3.8) is 0 Å². The number of allylic oxidation sites excluding steroid dienone is 2. The highest BCUT2D eigenvalue weighted by Gasteiger charge is 2.31. The van der Waals surface area contributed by atoms with E-state index in [2.05, 4.69) is 6.07 Å². The van der Waals surface area contributed by atoms with Crippen molar-refractivity contribution >= 4 is 29.4 Å². The van der Waals surface area contributed by atoms with Crippen LogP contribution in [0.5, 0.6) is 0 Å². The van der Waals surface area contributed by atoms with E-state index in [1.807, 2.05) is 11.5 Å². The Bertz CT molecular complexity index is 774. The molecule has 0 spiro atoms. The zero-order valence-electron chi connectivity index (χ0n) is 11.7. The van der Waals surface area contributed by atoms with Gasteiger partial charge in [-0.05, 0) is 23.1 Å². The highest BCUT2D eigenvalue weighted by atomic mass is 35.5. The summed E-state index contributed by atoms with van der Waals surface area (Å²) in [6.07, 6.45) is 0. The van der Waals surface area contributed by atoms with Gasteiger partial charge in [0, 0.05) is 10.6 Å². The Kier molecular flexibility index (Phi) is 5.27. The Hall–Kier alpha value is -2.49. The number of urea groups is 1. The molecule has 9 heteroatoms. The van der Waals surface area contributed by atoms with Crippen molar-refractivity contribution in [3.05, 3.63) is 56.4 Å². The summed E-state index contributed by atoms with van der Waals surface area (Å²) in [5.41, 5.74) is 3.15. The molecular formula is C14H11ClN6OS. The predicted molar refractivity (Wildman–Crippen MR) is 86.9 cm³/mol. The second kappa shape index (κ2) is 7.18. The minimum atomic E-state index is -0.774. The molecule has 1 aromatic carbocycles. The Labute approximate surface area is 141 Å². The average Bonchev–Trinajstić information content (AvgIpc) is 2.59. The number of halogens is 1. The molecule has 23 heavy (non-hydrogen) atoms. The number of carbonyl (C=O) groups excluding carboxylic acids is 1. The topological polar surface area (TPSA) is 132 Å². The molecule has 1 unspecified atom stereocenters. The molecule has 0 saturated carbocycles. The number of hydrogen-bond acceptors (Lipinski definition) is 6. The first-order chi connectivity index (χ1) is 11.0. The van der Waals surface area contributed by atoms with Gasteiger partial charge in [0.1, 0.15) is 5.03 Å². The van der Waals surface area contributed by atoms with Gasteiger partial charge in [-0.25, -0.2) is 21.5 Å². The van der Waals surface area contributed by atoms with E-state index in [1.54, 1.807) is 29.7 Å². The Morgan fingerprint density at radius 1 is 1.30 bits per heavy atom. The summed E-state index contributed by atoms with van der Waals surface area (Å²) < 4.78 is 0. The van der Waals surface area contributed by atoms with Crippen LogP contribution in [0.4, 0.5) is 4.79 Å². The third-order valence-corrected chi connectivity index (χ3v) is 4.41. The van der Waals surface area contributed by atoms with Gasteiger partial charge in [-0.2, -0.15) is 10.5 Å². The maximum absolute atomic E-state index is 11.6. The van der Waals surface area contributed by atoms with Gasteiger partial charge in [-0.1, -0.05) is 35.5 Å². The fraction of sp³-hybridized carbons (Fsp3) is 0.0714. The molecule has 1 aliphatic heterocycles. The summed E-state index contributed by atoms with van der Waals surface area (Å²) in [7, 11) is 0. The largest absolute Gasteiger partial charge is 0.350 e. The van der Waals surface area contributed by atoms with E-state index in [4.69, 9.17) is 23.3 Å². The summed E-state index contributed by atoms with van der Waals surface area (Å²) in [6.45, 7) is 0. The summed E-state index contributed by atoms with van der Waals surface area (Å²) in [4.78, 5) is 11.6. The van der Waals surface area contributed by atoms with Crippen molar-refractivity contribution in [3.8, 4) is 12.1 Å². The van der Waals surface area contributed by atoms with Crippen molar-refractivity contribution in [1.82, 2.24) is 10.4 Å². The number of hydrazine groups is 2. The van der Waals surface area contributed by atoms with E-state index in [9.17, 15) is 15.3 Å². The maximum Gasteiger partial charge on any atom is 0.350 e. The van der Waals surface area contributed by atoms with E-state index < -0.39 is 11.9 Å². The fourth-order valence-electron chi connectivity index (χ4n) is 2.08. The second-order valence-electron chi connectivity index (χ2n) is 4.44. The minimum Gasteiger partial charge on any atom is -0.274 e. The zero-order chi connectivity index (χ0) is 17.0. The van der Waals surface area contributed by atoms with E-state index >= 15 is 0 Å². The predicted octanol–water partition coefficient (Wildman–Crippen LogP) is 2.07. The van der Waals surface area contributed by atoms with Gasteiger partial charge in [0.05, 0.1) is 23.6 Å².